The molecule has 0 atom stereocenters. The van der Waals surface area contributed by atoms with Crippen molar-refractivity contribution in [3.05, 3.63) is 38.4 Å². The zero-order valence-corrected chi connectivity index (χ0v) is 14.5. The van der Waals surface area contributed by atoms with Crippen molar-refractivity contribution in [3.63, 3.8) is 0 Å². The summed E-state index contributed by atoms with van der Waals surface area (Å²) in [5, 5.41) is 14.6. The van der Waals surface area contributed by atoms with Gasteiger partial charge in [-0.1, -0.05) is 38.6 Å². The largest absolute Gasteiger partial charge is 0.292 e. The van der Waals surface area contributed by atoms with Gasteiger partial charge in [-0.2, -0.15) is 9.61 Å². The maximum atomic E-state index is 12.1. The Kier molecular flexibility index (Phi) is 4.07. The third kappa shape index (κ3) is 3.20. The Bertz CT molecular complexity index is 906. The number of carbonyl (C=O) groups is 1. The molecule has 120 valence electrons. The molecule has 1 N–H and O–H groups in total. The number of thiophene rings is 1. The van der Waals surface area contributed by atoms with Crippen molar-refractivity contribution in [3.8, 4) is 0 Å². The minimum absolute atomic E-state index is 0.0298. The zero-order valence-electron chi connectivity index (χ0n) is 12.9. The summed E-state index contributed by atoms with van der Waals surface area (Å²) in [5.74, 6) is 0.545. The fraction of sp³-hybridized carbons (Fsp3) is 0.357. The summed E-state index contributed by atoms with van der Waals surface area (Å²) in [5.41, 5.74) is -0.277. The number of nitrogens with zero attached hydrogens (tertiary/aromatic N) is 4. The van der Waals surface area contributed by atoms with Crippen LogP contribution in [0.4, 0.5) is 0 Å². The van der Waals surface area contributed by atoms with Gasteiger partial charge in [0, 0.05) is 5.41 Å². The number of Topliss-reactive ketones (excluding diaryl/α,β-unsaturated/α-hetero) is 1. The van der Waals surface area contributed by atoms with Gasteiger partial charge in [0.25, 0.3) is 11.3 Å². The highest BCUT2D eigenvalue weighted by molar-refractivity contribution is 7.99. The number of ketones is 1. The van der Waals surface area contributed by atoms with Gasteiger partial charge in [0.05, 0.1) is 10.6 Å². The van der Waals surface area contributed by atoms with Gasteiger partial charge in [0.1, 0.15) is 5.69 Å². The molecule has 0 unspecified atom stereocenters. The Hall–Kier alpha value is -2.00. The maximum Gasteiger partial charge on any atom is 0.274 e. The Morgan fingerprint density at radius 2 is 2.17 bits per heavy atom. The fourth-order valence-corrected chi connectivity index (χ4v) is 3.48. The topological polar surface area (TPSA) is 93.0 Å². The van der Waals surface area contributed by atoms with Gasteiger partial charge in [-0.3, -0.25) is 14.6 Å². The van der Waals surface area contributed by atoms with Crippen molar-refractivity contribution in [1.29, 1.82) is 0 Å². The highest BCUT2D eigenvalue weighted by atomic mass is 32.2. The van der Waals surface area contributed by atoms with Crippen LogP contribution in [0.5, 0.6) is 0 Å². The van der Waals surface area contributed by atoms with Crippen LogP contribution in [0.2, 0.25) is 0 Å². The van der Waals surface area contributed by atoms with Gasteiger partial charge in [0.2, 0.25) is 5.16 Å². The third-order valence-electron chi connectivity index (χ3n) is 3.09. The number of aromatic nitrogens is 5. The smallest absolute Gasteiger partial charge is 0.274 e. The summed E-state index contributed by atoms with van der Waals surface area (Å²) in [6.07, 6.45) is 0. The molecule has 0 aromatic carbocycles. The number of carbonyl (C=O) groups excluding carboxylic acids is 1. The summed E-state index contributed by atoms with van der Waals surface area (Å²) in [6, 6.07) is 3.64. The lowest BCUT2D eigenvalue weighted by Crippen LogP contribution is -2.28. The Balaban J connectivity index is 1.90. The number of hydrogen-bond donors (Lipinski definition) is 1. The van der Waals surface area contributed by atoms with E-state index in [0.29, 0.717) is 15.7 Å². The number of aromatic amines is 1. The Morgan fingerprint density at radius 1 is 1.39 bits per heavy atom. The van der Waals surface area contributed by atoms with Crippen LogP contribution in [0.3, 0.4) is 0 Å². The summed E-state index contributed by atoms with van der Waals surface area (Å²) >= 11 is 2.66. The first-order valence-corrected chi connectivity index (χ1v) is 8.78. The molecule has 0 fully saturated rings. The van der Waals surface area contributed by atoms with E-state index in [4.69, 9.17) is 0 Å². The highest BCUT2D eigenvalue weighted by Gasteiger charge is 2.22. The van der Waals surface area contributed by atoms with Gasteiger partial charge in [-0.25, -0.2) is 0 Å². The molecule has 3 aromatic rings. The fourth-order valence-electron chi connectivity index (χ4n) is 1.96. The van der Waals surface area contributed by atoms with Crippen molar-refractivity contribution in [2.75, 3.05) is 5.75 Å². The van der Waals surface area contributed by atoms with Crippen molar-refractivity contribution in [2.24, 2.45) is 0 Å². The molecule has 3 aromatic heterocycles. The average Bonchev–Trinajstić information content (AvgIpc) is 3.12. The first-order chi connectivity index (χ1) is 10.9. The first kappa shape index (κ1) is 15.9. The Morgan fingerprint density at radius 3 is 2.83 bits per heavy atom. The lowest BCUT2D eigenvalue weighted by molar-refractivity contribution is 0.102. The Labute approximate surface area is 140 Å². The molecule has 0 spiro atoms. The number of H-pyrrole nitrogens is 1. The number of rotatable bonds is 4. The lowest BCUT2D eigenvalue weighted by Gasteiger charge is -2.15. The van der Waals surface area contributed by atoms with E-state index in [0.717, 1.165) is 0 Å². The minimum Gasteiger partial charge on any atom is -0.292 e. The van der Waals surface area contributed by atoms with Crippen molar-refractivity contribution in [2.45, 2.75) is 31.3 Å². The molecule has 0 radical (unpaired) electrons. The second-order valence-corrected chi connectivity index (χ2v) is 7.85. The van der Waals surface area contributed by atoms with Gasteiger partial charge < -0.3 is 0 Å². The summed E-state index contributed by atoms with van der Waals surface area (Å²) in [7, 11) is 0. The van der Waals surface area contributed by atoms with E-state index >= 15 is 0 Å². The van der Waals surface area contributed by atoms with E-state index < -0.39 is 5.41 Å². The van der Waals surface area contributed by atoms with Gasteiger partial charge in [-0.15, -0.1) is 21.5 Å². The van der Waals surface area contributed by atoms with E-state index in [1.54, 1.807) is 6.07 Å². The minimum atomic E-state index is -0.402. The third-order valence-corrected chi connectivity index (χ3v) is 4.92. The summed E-state index contributed by atoms with van der Waals surface area (Å²) in [6.45, 7) is 5.73. The number of nitrogens with one attached hydrogen (secondary N) is 1. The van der Waals surface area contributed by atoms with Crippen LogP contribution in [-0.2, 0) is 5.41 Å². The zero-order chi connectivity index (χ0) is 16.6. The SMILES string of the molecule is CC(C)(C)c1nn2c(SCC(=O)c3cccs3)nnc2[nH]c1=O. The van der Waals surface area contributed by atoms with E-state index in [1.165, 1.54) is 27.6 Å². The average molecular weight is 349 g/mol. The maximum absolute atomic E-state index is 12.1. The predicted molar refractivity (Wildman–Crippen MR) is 89.5 cm³/mol. The molecule has 0 amide bonds. The van der Waals surface area contributed by atoms with E-state index in [1.807, 2.05) is 32.2 Å². The van der Waals surface area contributed by atoms with Crippen molar-refractivity contribution < 1.29 is 4.79 Å². The molecule has 9 heteroatoms. The normalized spacial score (nSPS) is 12.0. The van der Waals surface area contributed by atoms with E-state index in [9.17, 15) is 9.59 Å². The lowest BCUT2D eigenvalue weighted by atomic mass is 9.93. The quantitative estimate of drug-likeness (QED) is 0.573. The summed E-state index contributed by atoms with van der Waals surface area (Å²) < 4.78 is 1.48. The van der Waals surface area contributed by atoms with E-state index in [2.05, 4.69) is 20.3 Å². The van der Waals surface area contributed by atoms with E-state index in [-0.39, 0.29) is 22.9 Å². The van der Waals surface area contributed by atoms with Crippen LogP contribution < -0.4 is 5.56 Å². The standard InChI is InChI=1S/C14H15N5O2S2/c1-14(2,3)10-11(21)15-12-16-17-13(19(12)18-10)23-7-8(20)9-5-4-6-22-9/h4-6H,7H2,1-3H3,(H,15,16,21). The van der Waals surface area contributed by atoms with Crippen LogP contribution in [-0.4, -0.2) is 36.3 Å². The molecule has 0 saturated carbocycles. The number of hydrogen-bond acceptors (Lipinski definition) is 7. The molecule has 3 heterocycles. The molecular formula is C14H15N5O2S2. The van der Waals surface area contributed by atoms with Crippen LogP contribution in [0.25, 0.3) is 5.78 Å². The molecule has 0 aliphatic rings. The predicted octanol–water partition coefficient (Wildman–Crippen LogP) is 2.15. The van der Waals surface area contributed by atoms with Gasteiger partial charge >= 0.3 is 0 Å². The van der Waals surface area contributed by atoms with Crippen LogP contribution in [0.1, 0.15) is 36.1 Å². The van der Waals surface area contributed by atoms with Crippen LogP contribution >= 0.6 is 23.1 Å². The van der Waals surface area contributed by atoms with Crippen molar-refractivity contribution in [1.82, 2.24) is 24.8 Å². The molecule has 0 bridgehead atoms. The summed E-state index contributed by atoms with van der Waals surface area (Å²) in [4.78, 5) is 27.5. The number of thioether (sulfide) groups is 1. The number of fused-ring (bicyclic) bond motifs is 1. The molecule has 0 saturated heterocycles. The molecule has 7 nitrogen and oxygen atoms in total. The van der Waals surface area contributed by atoms with Crippen molar-refractivity contribution >= 4 is 34.7 Å². The molecule has 0 aliphatic carbocycles. The highest BCUT2D eigenvalue weighted by Crippen LogP contribution is 2.20. The molecule has 3 rings (SSSR count). The van der Waals surface area contributed by atoms with Gasteiger partial charge in [-0.05, 0) is 11.4 Å². The molecule has 0 aliphatic heterocycles. The second kappa shape index (κ2) is 5.89. The second-order valence-electron chi connectivity index (χ2n) is 5.96. The van der Waals surface area contributed by atoms with Crippen LogP contribution in [0.15, 0.2) is 27.5 Å². The van der Waals surface area contributed by atoms with Crippen LogP contribution in [0, 0.1) is 0 Å². The molecular weight excluding hydrogens is 334 g/mol. The monoisotopic (exact) mass is 349 g/mol. The molecule has 23 heavy (non-hydrogen) atoms. The van der Waals surface area contributed by atoms with Gasteiger partial charge in [0.15, 0.2) is 5.78 Å². The first-order valence-electron chi connectivity index (χ1n) is 6.92.